The monoisotopic (exact) mass is 562 g/mol. The highest BCUT2D eigenvalue weighted by Gasteiger charge is 2.36. The SMILES string of the molecule is CC[C@@H](C)c1ccc(OCCOc2c(Cl)cc(/C=C3/C(=O)NC(=O)N(c4ccc(C)cc4)C3=O)cc2OC)cc1. The summed E-state index contributed by atoms with van der Waals surface area (Å²) in [7, 11) is 1.46. The minimum Gasteiger partial charge on any atom is -0.493 e. The Hall–Kier alpha value is -4.30. The molecule has 0 aromatic heterocycles. The third-order valence-corrected chi connectivity index (χ3v) is 6.90. The van der Waals surface area contributed by atoms with Gasteiger partial charge in [0.15, 0.2) is 11.5 Å². The Morgan fingerprint density at radius 1 is 0.975 bits per heavy atom. The fraction of sp³-hybridized carbons (Fsp3) is 0.258. The van der Waals surface area contributed by atoms with Crippen molar-refractivity contribution in [1.29, 1.82) is 0 Å². The first kappa shape index (κ1) is 28.7. The average Bonchev–Trinajstić information content (AvgIpc) is 2.94. The van der Waals surface area contributed by atoms with Gasteiger partial charge in [-0.2, -0.15) is 0 Å². The number of nitrogens with zero attached hydrogens (tertiary/aromatic N) is 1. The standard InChI is InChI=1S/C31H31ClN2O6/c1-5-20(3)22-8-12-24(13-9-22)39-14-15-40-28-26(32)17-21(18-27(28)38-4)16-25-29(35)33-31(37)34(30(25)36)23-10-6-19(2)7-11-23/h6-13,16-18,20H,5,14-15H2,1-4H3,(H,33,35,37)/b25-16-/t20-/m1/s1. The molecule has 0 radical (unpaired) electrons. The summed E-state index contributed by atoms with van der Waals surface area (Å²) < 4.78 is 17.1. The molecule has 3 aromatic carbocycles. The number of nitrogens with one attached hydrogen (secondary N) is 1. The largest absolute Gasteiger partial charge is 0.493 e. The number of hydrogen-bond acceptors (Lipinski definition) is 6. The van der Waals surface area contributed by atoms with Gasteiger partial charge in [-0.05, 0) is 72.9 Å². The molecule has 1 heterocycles. The van der Waals surface area contributed by atoms with Gasteiger partial charge in [-0.3, -0.25) is 14.9 Å². The highest BCUT2D eigenvalue weighted by atomic mass is 35.5. The molecule has 0 spiro atoms. The molecular weight excluding hydrogens is 532 g/mol. The Morgan fingerprint density at radius 2 is 1.65 bits per heavy atom. The van der Waals surface area contributed by atoms with Crippen molar-refractivity contribution in [2.45, 2.75) is 33.1 Å². The zero-order valence-corrected chi connectivity index (χ0v) is 23.6. The van der Waals surface area contributed by atoms with Crippen molar-refractivity contribution < 1.29 is 28.6 Å². The number of barbiturate groups is 1. The van der Waals surface area contributed by atoms with Gasteiger partial charge in [0.05, 0.1) is 17.8 Å². The van der Waals surface area contributed by atoms with Crippen LogP contribution in [0.15, 0.2) is 66.2 Å². The lowest BCUT2D eigenvalue weighted by Gasteiger charge is -2.26. The van der Waals surface area contributed by atoms with Crippen LogP contribution in [0.3, 0.4) is 0 Å². The Labute approximate surface area is 238 Å². The Balaban J connectivity index is 1.47. The highest BCUT2D eigenvalue weighted by Crippen LogP contribution is 2.37. The van der Waals surface area contributed by atoms with E-state index in [-0.39, 0.29) is 23.8 Å². The minimum atomic E-state index is -0.816. The van der Waals surface area contributed by atoms with Gasteiger partial charge in [0, 0.05) is 0 Å². The Bertz CT molecular complexity index is 1430. The summed E-state index contributed by atoms with van der Waals surface area (Å²) in [6.07, 6.45) is 2.43. The molecule has 1 fully saturated rings. The molecule has 4 rings (SSSR count). The van der Waals surface area contributed by atoms with Gasteiger partial charge in [0.2, 0.25) is 0 Å². The van der Waals surface area contributed by atoms with E-state index in [1.807, 2.05) is 19.1 Å². The second kappa shape index (κ2) is 12.7. The maximum absolute atomic E-state index is 13.2. The quantitative estimate of drug-likeness (QED) is 0.177. The summed E-state index contributed by atoms with van der Waals surface area (Å²) >= 11 is 6.50. The predicted molar refractivity (Wildman–Crippen MR) is 154 cm³/mol. The maximum Gasteiger partial charge on any atom is 0.335 e. The van der Waals surface area contributed by atoms with Crippen molar-refractivity contribution >= 4 is 41.2 Å². The number of urea groups is 1. The van der Waals surface area contributed by atoms with Crippen molar-refractivity contribution in [1.82, 2.24) is 5.32 Å². The molecule has 9 heteroatoms. The summed E-state index contributed by atoms with van der Waals surface area (Å²) in [6.45, 7) is 6.72. The van der Waals surface area contributed by atoms with Gasteiger partial charge < -0.3 is 14.2 Å². The summed E-state index contributed by atoms with van der Waals surface area (Å²) in [4.78, 5) is 39.1. The number of rotatable bonds is 10. The van der Waals surface area contributed by atoms with Gasteiger partial charge >= 0.3 is 6.03 Å². The molecule has 40 heavy (non-hydrogen) atoms. The molecule has 208 valence electrons. The van der Waals surface area contributed by atoms with Crippen LogP contribution in [0.2, 0.25) is 5.02 Å². The van der Waals surface area contributed by atoms with Crippen LogP contribution >= 0.6 is 11.6 Å². The molecule has 0 unspecified atom stereocenters. The van der Waals surface area contributed by atoms with Gasteiger partial charge in [-0.1, -0.05) is 55.3 Å². The zero-order valence-electron chi connectivity index (χ0n) is 22.8. The van der Waals surface area contributed by atoms with E-state index < -0.39 is 17.8 Å². The number of ether oxygens (including phenoxy) is 3. The molecular formula is C31H31ClN2O6. The van der Waals surface area contributed by atoms with Crippen LogP contribution in [0.5, 0.6) is 17.2 Å². The lowest BCUT2D eigenvalue weighted by atomic mass is 9.99. The number of carbonyl (C=O) groups excluding carboxylic acids is 3. The van der Waals surface area contributed by atoms with Crippen molar-refractivity contribution in [3.05, 3.63) is 87.9 Å². The van der Waals surface area contributed by atoms with E-state index in [0.29, 0.717) is 28.7 Å². The summed E-state index contributed by atoms with van der Waals surface area (Å²) in [6, 6.07) is 17.1. The van der Waals surface area contributed by atoms with Crippen molar-refractivity contribution in [3.63, 3.8) is 0 Å². The smallest absolute Gasteiger partial charge is 0.335 e. The highest BCUT2D eigenvalue weighted by molar-refractivity contribution is 6.39. The fourth-order valence-electron chi connectivity index (χ4n) is 4.15. The number of benzene rings is 3. The lowest BCUT2D eigenvalue weighted by molar-refractivity contribution is -0.122. The number of imide groups is 2. The second-order valence-corrected chi connectivity index (χ2v) is 9.81. The van der Waals surface area contributed by atoms with E-state index in [4.69, 9.17) is 25.8 Å². The zero-order chi connectivity index (χ0) is 28.8. The van der Waals surface area contributed by atoms with Crippen LogP contribution in [0.1, 0.15) is 42.9 Å². The first-order valence-electron chi connectivity index (χ1n) is 12.9. The molecule has 4 amide bonds. The number of halogens is 1. The van der Waals surface area contributed by atoms with Crippen LogP contribution in [-0.2, 0) is 9.59 Å². The number of hydrogen-bond donors (Lipinski definition) is 1. The number of amides is 4. The molecule has 1 N–H and O–H groups in total. The van der Waals surface area contributed by atoms with E-state index in [2.05, 4.69) is 31.3 Å². The third-order valence-electron chi connectivity index (χ3n) is 6.62. The van der Waals surface area contributed by atoms with Crippen molar-refractivity contribution in [2.24, 2.45) is 0 Å². The first-order valence-corrected chi connectivity index (χ1v) is 13.3. The fourth-order valence-corrected chi connectivity index (χ4v) is 4.42. The van der Waals surface area contributed by atoms with E-state index in [0.717, 1.165) is 22.6 Å². The first-order chi connectivity index (χ1) is 19.2. The number of methoxy groups -OCH3 is 1. The molecule has 0 bridgehead atoms. The number of aryl methyl sites for hydroxylation is 1. The second-order valence-electron chi connectivity index (χ2n) is 9.40. The number of carbonyl (C=O) groups is 3. The van der Waals surface area contributed by atoms with E-state index in [9.17, 15) is 14.4 Å². The van der Waals surface area contributed by atoms with Gasteiger partial charge in [-0.15, -0.1) is 0 Å². The maximum atomic E-state index is 13.2. The summed E-state index contributed by atoms with van der Waals surface area (Å²) in [5, 5.41) is 2.43. The third kappa shape index (κ3) is 6.46. The van der Waals surface area contributed by atoms with Crippen LogP contribution in [0.4, 0.5) is 10.5 Å². The van der Waals surface area contributed by atoms with Crippen molar-refractivity contribution in [2.75, 3.05) is 25.2 Å². The molecule has 1 saturated heterocycles. The molecule has 0 saturated carbocycles. The van der Waals surface area contributed by atoms with Crippen LogP contribution in [0, 0.1) is 6.92 Å². The Kier molecular flexibility index (Phi) is 9.11. The van der Waals surface area contributed by atoms with Gasteiger partial charge in [0.25, 0.3) is 11.8 Å². The molecule has 1 aliphatic rings. The van der Waals surface area contributed by atoms with Crippen molar-refractivity contribution in [3.8, 4) is 17.2 Å². The minimum absolute atomic E-state index is 0.206. The molecule has 0 aliphatic carbocycles. The molecule has 3 aromatic rings. The van der Waals surface area contributed by atoms with E-state index >= 15 is 0 Å². The molecule has 8 nitrogen and oxygen atoms in total. The van der Waals surface area contributed by atoms with E-state index in [1.165, 1.54) is 18.7 Å². The normalized spacial score (nSPS) is 15.2. The average molecular weight is 563 g/mol. The van der Waals surface area contributed by atoms with E-state index in [1.54, 1.807) is 36.4 Å². The predicted octanol–water partition coefficient (Wildman–Crippen LogP) is 6.29. The Morgan fingerprint density at radius 3 is 2.30 bits per heavy atom. The van der Waals surface area contributed by atoms with Gasteiger partial charge in [-0.25, -0.2) is 9.69 Å². The van der Waals surface area contributed by atoms with Crippen LogP contribution in [0.25, 0.3) is 6.08 Å². The molecule has 1 aliphatic heterocycles. The lowest BCUT2D eigenvalue weighted by Crippen LogP contribution is -2.54. The molecule has 1 atom stereocenters. The van der Waals surface area contributed by atoms with Crippen LogP contribution < -0.4 is 24.4 Å². The summed E-state index contributed by atoms with van der Waals surface area (Å²) in [5.41, 5.74) is 2.77. The van der Waals surface area contributed by atoms with Crippen LogP contribution in [-0.4, -0.2) is 38.2 Å². The summed E-state index contributed by atoms with van der Waals surface area (Å²) in [5.74, 6) is 0.297. The topological polar surface area (TPSA) is 94.2 Å². The van der Waals surface area contributed by atoms with Gasteiger partial charge in [0.1, 0.15) is 24.5 Å². The number of anilines is 1.